The SMILES string of the molecule is Cc1ccc(C(=O)Nc2ccc(CN3CCN(CP(C)(C)=O)CC3)c(C(F)(F)F)c2)cc1-c1cnc(N)c2[nH]c(=O)[nH]c12. The molecule has 0 bridgehead atoms. The fourth-order valence-corrected chi connectivity index (χ4v) is 6.62. The second-order valence-electron chi connectivity index (χ2n) is 11.3. The number of piperazine rings is 1. The zero-order chi connectivity index (χ0) is 31.1. The minimum atomic E-state index is -4.62. The summed E-state index contributed by atoms with van der Waals surface area (Å²) in [6.45, 7) is 7.80. The van der Waals surface area contributed by atoms with Gasteiger partial charge >= 0.3 is 11.9 Å². The standard InChI is InChI=1S/C29H33F3N7O3P/c1-17-4-5-18(12-21(17)22-14-34-26(33)25-24(22)36-28(41)37-25)27(40)35-20-7-6-19(23(13-20)29(30,31)32)15-38-8-10-39(11-9-38)16-43(2,3)42/h4-7,12-14H,8-11,15-16H2,1-3H3,(H2,33,34)(H,35,40)(H2,36,37,41). The van der Waals surface area contributed by atoms with Crippen LogP contribution < -0.4 is 16.7 Å². The molecular formula is C29H33F3N7O3P. The van der Waals surface area contributed by atoms with E-state index in [9.17, 15) is 27.3 Å². The number of carbonyl (C=O) groups is 1. The van der Waals surface area contributed by atoms with Crippen molar-refractivity contribution in [2.45, 2.75) is 19.6 Å². The second kappa shape index (κ2) is 11.6. The Kier molecular flexibility index (Phi) is 8.26. The van der Waals surface area contributed by atoms with E-state index in [1.165, 1.54) is 18.3 Å². The maximum atomic E-state index is 14.1. The van der Waals surface area contributed by atoms with Gasteiger partial charge in [0.05, 0.1) is 24.5 Å². The predicted octanol–water partition coefficient (Wildman–Crippen LogP) is 4.78. The first-order valence-corrected chi connectivity index (χ1v) is 16.4. The van der Waals surface area contributed by atoms with Crippen LogP contribution in [-0.2, 0) is 17.3 Å². The number of nitrogens with zero attached hydrogens (tertiary/aromatic N) is 3. The van der Waals surface area contributed by atoms with Crippen molar-refractivity contribution in [3.63, 3.8) is 0 Å². The number of alkyl halides is 3. The van der Waals surface area contributed by atoms with Crippen LogP contribution in [0.5, 0.6) is 0 Å². The summed E-state index contributed by atoms with van der Waals surface area (Å²) in [5.74, 6) is -0.455. The number of H-pyrrole nitrogens is 2. The van der Waals surface area contributed by atoms with Crippen molar-refractivity contribution in [1.82, 2.24) is 24.8 Å². The fraction of sp³-hybridized carbons (Fsp3) is 0.345. The lowest BCUT2D eigenvalue weighted by Crippen LogP contribution is -2.46. The maximum absolute atomic E-state index is 14.1. The Bertz CT molecular complexity index is 1790. The lowest BCUT2D eigenvalue weighted by atomic mass is 9.98. The number of nitrogens with two attached hydrogens (primary N) is 1. The van der Waals surface area contributed by atoms with Gasteiger partial charge in [0.1, 0.15) is 11.3 Å². The number of anilines is 2. The van der Waals surface area contributed by atoms with Crippen LogP contribution in [0.3, 0.4) is 0 Å². The summed E-state index contributed by atoms with van der Waals surface area (Å²) in [6, 6.07) is 8.71. The van der Waals surface area contributed by atoms with Gasteiger partial charge in [-0.1, -0.05) is 12.1 Å². The molecule has 1 aliphatic heterocycles. The van der Waals surface area contributed by atoms with Crippen LogP contribution in [-0.4, -0.2) is 76.5 Å². The Balaban J connectivity index is 1.35. The number of amides is 1. The third kappa shape index (κ3) is 7.01. The second-order valence-corrected chi connectivity index (χ2v) is 14.8. The molecule has 2 aromatic heterocycles. The van der Waals surface area contributed by atoms with Crippen LogP contribution in [0, 0.1) is 6.92 Å². The van der Waals surface area contributed by atoms with Gasteiger partial charge in [-0.2, -0.15) is 13.2 Å². The largest absolute Gasteiger partial charge is 0.416 e. The molecule has 2 aromatic carbocycles. The average Bonchev–Trinajstić information content (AvgIpc) is 3.32. The van der Waals surface area contributed by atoms with Crippen LogP contribution in [0.25, 0.3) is 22.2 Å². The number of rotatable bonds is 7. The van der Waals surface area contributed by atoms with Gasteiger partial charge in [0.2, 0.25) is 0 Å². The van der Waals surface area contributed by atoms with E-state index in [-0.39, 0.29) is 29.2 Å². The third-order valence-corrected chi connectivity index (χ3v) is 8.53. The van der Waals surface area contributed by atoms with E-state index >= 15 is 0 Å². The van der Waals surface area contributed by atoms with E-state index in [1.807, 2.05) is 11.8 Å². The highest BCUT2D eigenvalue weighted by Gasteiger charge is 2.34. The average molecular weight is 616 g/mol. The van der Waals surface area contributed by atoms with Gasteiger partial charge in [0.25, 0.3) is 5.91 Å². The number of carbonyl (C=O) groups excluding carboxylic acids is 1. The minimum absolute atomic E-state index is 0.0150. The van der Waals surface area contributed by atoms with Crippen molar-refractivity contribution in [3.8, 4) is 11.1 Å². The fourth-order valence-electron chi connectivity index (χ4n) is 5.37. The minimum Gasteiger partial charge on any atom is -0.382 e. The number of halogens is 3. The molecule has 14 heteroatoms. The number of nitrogens with one attached hydrogen (secondary N) is 3. The zero-order valence-electron chi connectivity index (χ0n) is 24.0. The van der Waals surface area contributed by atoms with Gasteiger partial charge in [-0.15, -0.1) is 0 Å². The molecule has 4 aromatic rings. The molecule has 5 rings (SSSR count). The highest BCUT2D eigenvalue weighted by molar-refractivity contribution is 7.62. The number of aromatic nitrogens is 3. The molecule has 0 saturated carbocycles. The zero-order valence-corrected chi connectivity index (χ0v) is 24.9. The Morgan fingerprint density at radius 1 is 1.02 bits per heavy atom. The summed E-state index contributed by atoms with van der Waals surface area (Å²) in [6.07, 6.45) is -2.63. The first-order valence-electron chi connectivity index (χ1n) is 13.7. The lowest BCUT2D eigenvalue weighted by molar-refractivity contribution is -0.138. The molecule has 5 N–H and O–H groups in total. The lowest BCUT2D eigenvalue weighted by Gasteiger charge is -2.35. The molecule has 0 atom stereocenters. The summed E-state index contributed by atoms with van der Waals surface area (Å²) < 4.78 is 54.5. The summed E-state index contributed by atoms with van der Waals surface area (Å²) in [4.78, 5) is 38.6. The molecule has 1 fully saturated rings. The highest BCUT2D eigenvalue weighted by atomic mass is 31.2. The summed E-state index contributed by atoms with van der Waals surface area (Å²) in [5, 5.41) is 2.59. The van der Waals surface area contributed by atoms with Gasteiger partial charge in [0.15, 0.2) is 0 Å². The molecular weight excluding hydrogens is 582 g/mol. The molecule has 1 aliphatic rings. The monoisotopic (exact) mass is 615 g/mol. The Morgan fingerprint density at radius 2 is 1.70 bits per heavy atom. The first kappa shape index (κ1) is 30.5. The number of aryl methyl sites for hydroxylation is 1. The van der Waals surface area contributed by atoms with E-state index in [4.69, 9.17) is 5.73 Å². The van der Waals surface area contributed by atoms with E-state index in [2.05, 4.69) is 25.2 Å². The molecule has 0 aliphatic carbocycles. The van der Waals surface area contributed by atoms with Crippen molar-refractivity contribution in [2.24, 2.45) is 0 Å². The molecule has 43 heavy (non-hydrogen) atoms. The topological polar surface area (TPSA) is 140 Å². The van der Waals surface area contributed by atoms with E-state index in [0.29, 0.717) is 54.6 Å². The Hall–Kier alpha value is -3.93. The number of hydrogen-bond acceptors (Lipinski definition) is 7. The molecule has 1 amide bonds. The van der Waals surface area contributed by atoms with Crippen molar-refractivity contribution in [2.75, 3.05) is 56.8 Å². The number of pyridine rings is 1. The van der Waals surface area contributed by atoms with Crippen molar-refractivity contribution < 1.29 is 22.5 Å². The number of fused-ring (bicyclic) bond motifs is 1. The van der Waals surface area contributed by atoms with Gasteiger partial charge in [-0.25, -0.2) is 9.78 Å². The van der Waals surface area contributed by atoms with E-state index < -0.39 is 30.5 Å². The summed E-state index contributed by atoms with van der Waals surface area (Å²) >= 11 is 0. The highest BCUT2D eigenvalue weighted by Crippen LogP contribution is 2.38. The van der Waals surface area contributed by atoms with Crippen LogP contribution in [0.15, 0.2) is 47.4 Å². The quantitative estimate of drug-likeness (QED) is 0.220. The number of imidazole rings is 1. The molecule has 0 spiro atoms. The summed E-state index contributed by atoms with van der Waals surface area (Å²) in [7, 11) is -2.22. The number of hydrogen-bond donors (Lipinski definition) is 4. The van der Waals surface area contributed by atoms with Gasteiger partial charge in [0, 0.05) is 55.7 Å². The Labute approximate surface area is 245 Å². The first-order chi connectivity index (χ1) is 20.2. The predicted molar refractivity (Wildman–Crippen MR) is 162 cm³/mol. The van der Waals surface area contributed by atoms with E-state index in [0.717, 1.165) is 11.6 Å². The third-order valence-electron chi connectivity index (χ3n) is 7.45. The van der Waals surface area contributed by atoms with Crippen molar-refractivity contribution >= 4 is 35.6 Å². The smallest absolute Gasteiger partial charge is 0.382 e. The number of nitrogen functional groups attached to an aromatic ring is 1. The Morgan fingerprint density at radius 3 is 2.37 bits per heavy atom. The van der Waals surface area contributed by atoms with Crippen LogP contribution in [0.2, 0.25) is 0 Å². The van der Waals surface area contributed by atoms with Crippen LogP contribution in [0.4, 0.5) is 24.7 Å². The molecule has 3 heterocycles. The normalized spacial score (nSPS) is 15.2. The molecule has 1 saturated heterocycles. The van der Waals surface area contributed by atoms with Crippen molar-refractivity contribution in [3.05, 3.63) is 75.3 Å². The number of benzene rings is 2. The molecule has 0 radical (unpaired) electrons. The van der Waals surface area contributed by atoms with Crippen LogP contribution in [0.1, 0.15) is 27.0 Å². The van der Waals surface area contributed by atoms with Gasteiger partial charge < -0.3 is 25.6 Å². The van der Waals surface area contributed by atoms with Gasteiger partial charge in [-0.05, 0) is 61.2 Å². The van der Waals surface area contributed by atoms with Gasteiger partial charge in [-0.3, -0.25) is 14.6 Å². The maximum Gasteiger partial charge on any atom is 0.416 e. The van der Waals surface area contributed by atoms with Crippen LogP contribution >= 0.6 is 7.14 Å². The molecule has 10 nitrogen and oxygen atoms in total. The molecule has 0 unspecified atom stereocenters. The molecule has 228 valence electrons. The number of aromatic amines is 2. The van der Waals surface area contributed by atoms with E-state index in [1.54, 1.807) is 31.5 Å². The van der Waals surface area contributed by atoms with Crippen molar-refractivity contribution in [1.29, 1.82) is 0 Å². The summed E-state index contributed by atoms with van der Waals surface area (Å²) in [5.41, 5.74) is 7.67.